The zero-order valence-corrected chi connectivity index (χ0v) is 16.3. The summed E-state index contributed by atoms with van der Waals surface area (Å²) >= 11 is 0. The Morgan fingerprint density at radius 3 is 2.90 bits per heavy atom. The third kappa shape index (κ3) is 1.29. The van der Waals surface area contributed by atoms with E-state index in [2.05, 4.69) is 0 Å². The van der Waals surface area contributed by atoms with Gasteiger partial charge >= 0.3 is 6.09 Å². The van der Waals surface area contributed by atoms with Crippen LogP contribution in [0.2, 0.25) is 0 Å². The number of hydrogen-bond acceptors (Lipinski definition) is 5. The van der Waals surface area contributed by atoms with Gasteiger partial charge in [0.15, 0.2) is 0 Å². The molecule has 6 bridgehead atoms. The summed E-state index contributed by atoms with van der Waals surface area (Å²) in [4.78, 5) is 28.5. The molecule has 29 heavy (non-hydrogen) atoms. The van der Waals surface area contributed by atoms with E-state index in [0.717, 1.165) is 18.4 Å². The van der Waals surface area contributed by atoms with Crippen molar-refractivity contribution in [1.82, 2.24) is 0 Å². The maximum absolute atomic E-state index is 14.2. The van der Waals surface area contributed by atoms with Crippen molar-refractivity contribution >= 4 is 17.6 Å². The Kier molecular flexibility index (Phi) is 2.62. The molecule has 1 aromatic carbocycles. The molecule has 7 fully saturated rings. The summed E-state index contributed by atoms with van der Waals surface area (Å²) in [6, 6.07) is 7.37. The lowest BCUT2D eigenvalue weighted by Gasteiger charge is -2.75. The number of carbonyl (C=O) groups is 2. The molecule has 5 saturated carbocycles. The van der Waals surface area contributed by atoms with Crippen LogP contribution in [0.1, 0.15) is 31.2 Å². The van der Waals surface area contributed by atoms with E-state index in [1.165, 1.54) is 7.11 Å². The molecule has 0 radical (unpaired) electrons. The number of hydrogen-bond donors (Lipinski definition) is 1. The molecule has 7 heteroatoms. The normalized spacial score (nSPS) is 52.5. The number of ketones is 1. The molecule has 8 aliphatic rings. The number of methoxy groups -OCH3 is 1. The first kappa shape index (κ1) is 16.8. The van der Waals surface area contributed by atoms with Crippen molar-refractivity contribution < 1.29 is 24.1 Å². The van der Waals surface area contributed by atoms with Gasteiger partial charge in [-0.05, 0) is 37.3 Å². The highest BCUT2D eigenvalue weighted by Gasteiger charge is 2.93. The number of para-hydroxylation sites is 1. The standard InChI is InChI=1S/C22H24N2O5/c1-29-19(27)23-14-6-3-2-5-12(14)22-13-11-24(28)10-4-7-20(18(22)24)8-9-21(22,23)17(26)15(20)16(13)25/h2-3,5-6,13,15,17-18,26H,4,7-11H2,1H3/t13?,15?,17-,18-,20+,21-,22+,24?/m0/s1. The maximum atomic E-state index is 14.2. The predicted octanol–water partition coefficient (Wildman–Crippen LogP) is 1.71. The average molecular weight is 396 g/mol. The van der Waals surface area contributed by atoms with Crippen LogP contribution in [0.25, 0.3) is 0 Å². The summed E-state index contributed by atoms with van der Waals surface area (Å²) in [5.41, 5.74) is -0.642. The predicted molar refractivity (Wildman–Crippen MR) is 102 cm³/mol. The van der Waals surface area contributed by atoms with Crippen LogP contribution < -0.4 is 4.90 Å². The minimum Gasteiger partial charge on any atom is -0.633 e. The quantitative estimate of drug-likeness (QED) is 0.533. The van der Waals surface area contributed by atoms with Crippen LogP contribution in [0, 0.1) is 22.5 Å². The molecule has 7 nitrogen and oxygen atoms in total. The number of aliphatic hydroxyl groups is 1. The number of hydroxylamine groups is 3. The van der Waals surface area contributed by atoms with Gasteiger partial charge in [-0.3, -0.25) is 9.69 Å². The van der Waals surface area contributed by atoms with E-state index in [4.69, 9.17) is 4.74 Å². The van der Waals surface area contributed by atoms with Gasteiger partial charge < -0.3 is 19.7 Å². The van der Waals surface area contributed by atoms with Gasteiger partial charge in [-0.25, -0.2) is 4.79 Å². The number of rotatable bonds is 0. The van der Waals surface area contributed by atoms with Gasteiger partial charge in [-0.15, -0.1) is 0 Å². The van der Waals surface area contributed by atoms with Crippen molar-refractivity contribution in [1.29, 1.82) is 0 Å². The molecular formula is C22H24N2O5. The van der Waals surface area contributed by atoms with Gasteiger partial charge in [-0.1, -0.05) is 18.2 Å². The number of anilines is 1. The second-order valence-corrected chi connectivity index (χ2v) is 10.1. The smallest absolute Gasteiger partial charge is 0.414 e. The average Bonchev–Trinajstić information content (AvgIpc) is 3.15. The monoisotopic (exact) mass is 396 g/mol. The third-order valence-electron chi connectivity index (χ3n) is 9.78. The zero-order valence-electron chi connectivity index (χ0n) is 16.3. The summed E-state index contributed by atoms with van der Waals surface area (Å²) in [5, 5.41) is 26.0. The lowest BCUT2D eigenvalue weighted by Crippen LogP contribution is -2.89. The SMILES string of the molecule is COC(=O)N1c2ccccc2[C@]23C4C[N+]5([O-])CCC[C@]6(CC[C@@]12[C@@H](O)C6C4=O)[C@@H]35. The number of ether oxygens (including phenoxy) is 1. The number of nitrogens with zero attached hydrogens (tertiary/aromatic N) is 2. The number of benzene rings is 1. The van der Waals surface area contributed by atoms with Crippen molar-refractivity contribution in [2.24, 2.45) is 17.3 Å². The Morgan fingerprint density at radius 2 is 2.10 bits per heavy atom. The molecular weight excluding hydrogens is 372 g/mol. The molecule has 3 heterocycles. The van der Waals surface area contributed by atoms with E-state index in [-0.39, 0.29) is 23.0 Å². The van der Waals surface area contributed by atoms with Crippen molar-refractivity contribution in [3.63, 3.8) is 0 Å². The van der Waals surface area contributed by atoms with Gasteiger partial charge in [0.1, 0.15) is 11.8 Å². The minimum absolute atomic E-state index is 0.0587. The molecule has 3 spiro atoms. The zero-order chi connectivity index (χ0) is 20.0. The largest absolute Gasteiger partial charge is 0.633 e. The van der Waals surface area contributed by atoms with Crippen molar-refractivity contribution in [3.8, 4) is 0 Å². The second kappa shape index (κ2) is 4.53. The van der Waals surface area contributed by atoms with Crippen molar-refractivity contribution in [2.75, 3.05) is 25.1 Å². The Morgan fingerprint density at radius 1 is 1.31 bits per heavy atom. The highest BCUT2D eigenvalue weighted by atomic mass is 16.6. The minimum atomic E-state index is -0.971. The molecule has 2 saturated heterocycles. The van der Waals surface area contributed by atoms with Crippen LogP contribution in [0.15, 0.2) is 24.3 Å². The van der Waals surface area contributed by atoms with Gasteiger partial charge in [0.2, 0.25) is 0 Å². The van der Waals surface area contributed by atoms with E-state index in [1.54, 1.807) is 4.90 Å². The molecule has 0 aromatic heterocycles. The van der Waals surface area contributed by atoms with E-state index in [1.807, 2.05) is 24.3 Å². The second-order valence-electron chi connectivity index (χ2n) is 10.1. The fourth-order valence-corrected chi connectivity index (χ4v) is 9.52. The Bertz CT molecular complexity index is 1010. The molecule has 1 aromatic rings. The van der Waals surface area contributed by atoms with Crippen molar-refractivity contribution in [3.05, 3.63) is 35.0 Å². The highest BCUT2D eigenvalue weighted by molar-refractivity contribution is 6.01. The Labute approximate surface area is 168 Å². The third-order valence-corrected chi connectivity index (χ3v) is 9.78. The molecule has 9 rings (SSSR count). The van der Waals surface area contributed by atoms with Gasteiger partial charge in [-0.2, -0.15) is 0 Å². The fraction of sp³-hybridized carbons (Fsp3) is 0.636. The van der Waals surface area contributed by atoms with Gasteiger partial charge in [0.25, 0.3) is 0 Å². The Hall–Kier alpha value is -1.96. The molecule has 5 aliphatic carbocycles. The molecule has 152 valence electrons. The van der Waals surface area contributed by atoms with E-state index in [0.29, 0.717) is 25.1 Å². The van der Waals surface area contributed by atoms with Crippen LogP contribution in [0.5, 0.6) is 0 Å². The number of fused-ring (bicyclic) bond motifs is 2. The summed E-state index contributed by atoms with van der Waals surface area (Å²) in [5.74, 6) is -0.937. The number of carbonyl (C=O) groups excluding carboxylic acids is 2. The molecule has 1 N–H and O–H groups in total. The number of amides is 1. The summed E-state index contributed by atoms with van der Waals surface area (Å²) in [6.45, 7) is 0.802. The van der Waals surface area contributed by atoms with E-state index < -0.39 is 40.4 Å². The van der Waals surface area contributed by atoms with Crippen LogP contribution in [-0.2, 0) is 14.9 Å². The van der Waals surface area contributed by atoms with Crippen LogP contribution in [-0.4, -0.2) is 59.5 Å². The van der Waals surface area contributed by atoms with Gasteiger partial charge in [0.05, 0.1) is 54.8 Å². The molecule has 1 amide bonds. The molecule has 3 aliphatic heterocycles. The number of quaternary nitrogens is 1. The van der Waals surface area contributed by atoms with E-state index in [9.17, 15) is 19.9 Å². The number of piperidine rings is 1. The summed E-state index contributed by atoms with van der Waals surface area (Å²) in [7, 11) is 1.35. The number of Topliss-reactive ketones (excluding diaryl/α,β-unsaturated/α-hetero) is 1. The molecule has 8 atom stereocenters. The number of aliphatic hydroxyl groups excluding tert-OH is 1. The van der Waals surface area contributed by atoms with Crippen molar-refractivity contribution in [2.45, 2.75) is 48.8 Å². The van der Waals surface area contributed by atoms with Crippen LogP contribution >= 0.6 is 0 Å². The molecule has 3 unspecified atom stereocenters. The van der Waals surface area contributed by atoms with Crippen LogP contribution in [0.3, 0.4) is 0 Å². The highest BCUT2D eigenvalue weighted by Crippen LogP contribution is 2.81. The maximum Gasteiger partial charge on any atom is 0.414 e. The lowest BCUT2D eigenvalue weighted by atomic mass is 9.31. The first-order valence-electron chi connectivity index (χ1n) is 10.7. The topological polar surface area (TPSA) is 89.9 Å². The van der Waals surface area contributed by atoms with Gasteiger partial charge in [0, 0.05) is 5.41 Å². The van der Waals surface area contributed by atoms with E-state index >= 15 is 0 Å². The van der Waals surface area contributed by atoms with Crippen LogP contribution in [0.4, 0.5) is 10.5 Å². The first-order valence-corrected chi connectivity index (χ1v) is 10.7. The summed E-state index contributed by atoms with van der Waals surface area (Å²) in [6.07, 6.45) is 1.46. The lowest BCUT2D eigenvalue weighted by molar-refractivity contribution is -0.912. The first-order chi connectivity index (χ1) is 13.9. The summed E-state index contributed by atoms with van der Waals surface area (Å²) < 4.78 is 4.84. The Balaban J connectivity index is 1.65. The fourth-order valence-electron chi connectivity index (χ4n) is 9.52.